The molecule has 2 aliphatic heterocycles. The lowest BCUT2D eigenvalue weighted by Gasteiger charge is -2.28. The molecule has 3 fully saturated rings. The first-order valence-corrected chi connectivity index (χ1v) is 10.8. The minimum Gasteiger partial charge on any atom is -0.331 e. The number of halogens is 1. The number of H-pyrrole nitrogens is 1. The highest BCUT2D eigenvalue weighted by Crippen LogP contribution is 2.40. The number of pyridine rings is 1. The third-order valence-corrected chi connectivity index (χ3v) is 6.53. The van der Waals surface area contributed by atoms with Crippen molar-refractivity contribution in [2.45, 2.75) is 70.0 Å². The summed E-state index contributed by atoms with van der Waals surface area (Å²) in [7, 11) is 0. The van der Waals surface area contributed by atoms with Crippen LogP contribution in [0.3, 0.4) is 0 Å². The molecule has 4 heterocycles. The van der Waals surface area contributed by atoms with Crippen molar-refractivity contribution >= 4 is 29.3 Å². The average molecular weight is 434 g/mol. The first-order valence-electron chi connectivity index (χ1n) is 10.8. The Hall–Kier alpha value is -2.19. The van der Waals surface area contributed by atoms with Crippen molar-refractivity contribution in [2.75, 3.05) is 13.1 Å². The molecule has 2 atom stereocenters. The average Bonchev–Trinajstić information content (AvgIpc) is 3.48. The van der Waals surface area contributed by atoms with E-state index in [1.54, 1.807) is 0 Å². The van der Waals surface area contributed by atoms with Crippen molar-refractivity contribution in [1.82, 2.24) is 24.8 Å². The summed E-state index contributed by atoms with van der Waals surface area (Å²) in [4.78, 5) is 48.1. The second kappa shape index (κ2) is 8.15. The molecule has 9 heteroatoms. The molecule has 1 amide bonds. The fourth-order valence-electron chi connectivity index (χ4n) is 4.93. The minimum atomic E-state index is -0.518. The Kier molecular flexibility index (Phi) is 5.72. The number of nitrogens with one attached hydrogen (secondary N) is 2. The van der Waals surface area contributed by atoms with E-state index in [0.29, 0.717) is 23.7 Å². The maximum absolute atomic E-state index is 13.8. The Balaban J connectivity index is 0.00000218. The van der Waals surface area contributed by atoms with Crippen molar-refractivity contribution in [2.24, 2.45) is 0 Å². The number of aryl methyl sites for hydroxylation is 1. The maximum atomic E-state index is 13.8. The lowest BCUT2D eigenvalue weighted by Crippen LogP contribution is -2.43. The molecule has 2 aromatic heterocycles. The van der Waals surface area contributed by atoms with Gasteiger partial charge in [0.2, 0.25) is 0 Å². The number of hydrogen-bond donors (Lipinski definition) is 2. The van der Waals surface area contributed by atoms with Gasteiger partial charge in [0.15, 0.2) is 5.65 Å². The number of amides is 1. The minimum absolute atomic E-state index is 0. The topological polar surface area (TPSA) is 100 Å². The van der Waals surface area contributed by atoms with Gasteiger partial charge >= 0.3 is 5.69 Å². The molecule has 5 rings (SSSR count). The lowest BCUT2D eigenvalue weighted by atomic mass is 10.1. The zero-order valence-corrected chi connectivity index (χ0v) is 18.0. The van der Waals surface area contributed by atoms with Gasteiger partial charge in [0.1, 0.15) is 0 Å². The van der Waals surface area contributed by atoms with E-state index in [2.05, 4.69) is 10.3 Å². The normalized spacial score (nSPS) is 23.3. The molecular formula is C21H28ClN5O3. The molecule has 8 nitrogen and oxygen atoms in total. The van der Waals surface area contributed by atoms with E-state index in [4.69, 9.17) is 4.98 Å². The van der Waals surface area contributed by atoms with Crippen LogP contribution >= 0.6 is 12.4 Å². The Labute approximate surface area is 180 Å². The molecule has 0 aromatic carbocycles. The number of aromatic nitrogens is 3. The van der Waals surface area contributed by atoms with Crippen LogP contribution in [-0.4, -0.2) is 50.5 Å². The number of nitrogens with zero attached hydrogens (tertiary/aromatic N) is 3. The van der Waals surface area contributed by atoms with E-state index >= 15 is 0 Å². The Morgan fingerprint density at radius 2 is 1.93 bits per heavy atom. The van der Waals surface area contributed by atoms with E-state index in [1.165, 1.54) is 4.57 Å². The molecular weight excluding hydrogens is 406 g/mol. The SMILES string of the molecule is CCCn1c(=O)[nH]c(=O)c2c(C(=O)N3C4CCNCC3CC4)cc(C3CC3)nc21.Cl. The highest BCUT2D eigenvalue weighted by molar-refractivity contribution is 6.05. The molecule has 162 valence electrons. The van der Waals surface area contributed by atoms with Crippen LogP contribution in [0.15, 0.2) is 15.7 Å². The summed E-state index contributed by atoms with van der Waals surface area (Å²) in [5.41, 5.74) is 0.615. The monoisotopic (exact) mass is 433 g/mol. The van der Waals surface area contributed by atoms with Gasteiger partial charge in [-0.1, -0.05) is 6.92 Å². The molecule has 1 saturated carbocycles. The number of carbonyl (C=O) groups excluding carboxylic acids is 1. The molecule has 30 heavy (non-hydrogen) atoms. The summed E-state index contributed by atoms with van der Waals surface area (Å²) >= 11 is 0. The summed E-state index contributed by atoms with van der Waals surface area (Å²) < 4.78 is 1.51. The number of hydrogen-bond acceptors (Lipinski definition) is 5. The molecule has 0 radical (unpaired) electrons. The molecule has 3 aliphatic rings. The molecule has 2 unspecified atom stereocenters. The second-order valence-electron chi connectivity index (χ2n) is 8.57. The van der Waals surface area contributed by atoms with E-state index in [0.717, 1.165) is 57.3 Å². The summed E-state index contributed by atoms with van der Waals surface area (Å²) in [5.74, 6) is 0.223. The van der Waals surface area contributed by atoms with Crippen molar-refractivity contribution in [1.29, 1.82) is 0 Å². The van der Waals surface area contributed by atoms with Gasteiger partial charge in [0.25, 0.3) is 11.5 Å². The Morgan fingerprint density at radius 1 is 1.17 bits per heavy atom. The van der Waals surface area contributed by atoms with E-state index in [1.807, 2.05) is 17.9 Å². The maximum Gasteiger partial charge on any atom is 0.329 e. The van der Waals surface area contributed by atoms with Gasteiger partial charge in [-0.2, -0.15) is 0 Å². The molecule has 2 bridgehead atoms. The molecule has 1 aliphatic carbocycles. The van der Waals surface area contributed by atoms with E-state index < -0.39 is 11.2 Å². The number of carbonyl (C=O) groups is 1. The molecule has 2 aromatic rings. The van der Waals surface area contributed by atoms with Crippen LogP contribution in [0.4, 0.5) is 0 Å². The van der Waals surface area contributed by atoms with Crippen LogP contribution in [-0.2, 0) is 6.54 Å². The molecule has 2 saturated heterocycles. The van der Waals surface area contributed by atoms with Gasteiger partial charge in [-0.15, -0.1) is 12.4 Å². The highest BCUT2D eigenvalue weighted by Gasteiger charge is 2.40. The Morgan fingerprint density at radius 3 is 2.67 bits per heavy atom. The predicted octanol–water partition coefficient (Wildman–Crippen LogP) is 1.76. The highest BCUT2D eigenvalue weighted by atomic mass is 35.5. The zero-order chi connectivity index (χ0) is 20.1. The van der Waals surface area contributed by atoms with Crippen molar-refractivity contribution in [3.8, 4) is 0 Å². The largest absolute Gasteiger partial charge is 0.331 e. The second-order valence-corrected chi connectivity index (χ2v) is 8.57. The predicted molar refractivity (Wildman–Crippen MR) is 117 cm³/mol. The standard InChI is InChI=1S/C21H27N5O3.ClH/c1-2-9-25-18-17(19(27)24-21(25)29)15(10-16(23-18)12-3-4-12)20(28)26-13-5-6-14(26)11-22-8-7-13;/h10,12-14,22H,2-9,11H2,1H3,(H,24,27,29);1H. The number of rotatable bonds is 4. The quantitative estimate of drug-likeness (QED) is 0.765. The Bertz CT molecular complexity index is 1080. The number of aromatic amines is 1. The zero-order valence-electron chi connectivity index (χ0n) is 17.1. The van der Waals surface area contributed by atoms with Crippen LogP contribution in [0, 0.1) is 0 Å². The third-order valence-electron chi connectivity index (χ3n) is 6.53. The first-order chi connectivity index (χ1) is 14.1. The lowest BCUT2D eigenvalue weighted by molar-refractivity contribution is 0.0682. The van der Waals surface area contributed by atoms with Crippen molar-refractivity contribution in [3.05, 3.63) is 38.2 Å². The van der Waals surface area contributed by atoms with Gasteiger partial charge < -0.3 is 10.2 Å². The van der Waals surface area contributed by atoms with Gasteiger partial charge in [0, 0.05) is 36.8 Å². The summed E-state index contributed by atoms with van der Waals surface area (Å²) in [6.07, 6.45) is 5.73. The molecule has 2 N–H and O–H groups in total. The summed E-state index contributed by atoms with van der Waals surface area (Å²) in [5, 5.41) is 3.67. The fraction of sp³-hybridized carbons (Fsp3) is 0.619. The number of fused-ring (bicyclic) bond motifs is 3. The summed E-state index contributed by atoms with van der Waals surface area (Å²) in [6, 6.07) is 2.18. The smallest absolute Gasteiger partial charge is 0.329 e. The fourth-order valence-corrected chi connectivity index (χ4v) is 4.93. The summed E-state index contributed by atoms with van der Waals surface area (Å²) in [6.45, 7) is 4.13. The van der Waals surface area contributed by atoms with Crippen LogP contribution in [0.5, 0.6) is 0 Å². The van der Waals surface area contributed by atoms with Gasteiger partial charge in [0.05, 0.1) is 10.9 Å². The van der Waals surface area contributed by atoms with Crippen molar-refractivity contribution < 1.29 is 4.79 Å². The van der Waals surface area contributed by atoms with Gasteiger partial charge in [-0.05, 0) is 51.1 Å². The van der Waals surface area contributed by atoms with Crippen LogP contribution in [0.1, 0.15) is 67.4 Å². The van der Waals surface area contributed by atoms with Gasteiger partial charge in [-0.3, -0.25) is 19.1 Å². The van der Waals surface area contributed by atoms with Crippen LogP contribution in [0.2, 0.25) is 0 Å². The van der Waals surface area contributed by atoms with Crippen LogP contribution < -0.4 is 16.6 Å². The molecule has 0 spiro atoms. The van der Waals surface area contributed by atoms with Crippen LogP contribution in [0.25, 0.3) is 11.0 Å². The third kappa shape index (κ3) is 3.46. The van der Waals surface area contributed by atoms with Crippen molar-refractivity contribution in [3.63, 3.8) is 0 Å². The van der Waals surface area contributed by atoms with E-state index in [-0.39, 0.29) is 35.8 Å². The van der Waals surface area contributed by atoms with E-state index in [9.17, 15) is 14.4 Å². The first kappa shape index (κ1) is 21.1. The van der Waals surface area contributed by atoms with Gasteiger partial charge in [-0.25, -0.2) is 9.78 Å².